The SMILES string of the molecule is NC(=O)[C@H](Cc1ccc(Cl)nc1)NC(=O)C1c2ccccc2-c2ccccc21. The number of nitrogens with zero attached hydrogens (tertiary/aromatic N) is 1. The number of primary amides is 1. The maximum atomic E-state index is 13.2. The Kier molecular flexibility index (Phi) is 4.84. The van der Waals surface area contributed by atoms with Crippen molar-refractivity contribution in [2.45, 2.75) is 18.4 Å². The normalized spacial score (nSPS) is 13.5. The van der Waals surface area contributed by atoms with E-state index >= 15 is 0 Å². The van der Waals surface area contributed by atoms with Crippen molar-refractivity contribution >= 4 is 23.4 Å². The number of fused-ring (bicyclic) bond motifs is 3. The van der Waals surface area contributed by atoms with Gasteiger partial charge in [0.1, 0.15) is 11.2 Å². The van der Waals surface area contributed by atoms with Gasteiger partial charge < -0.3 is 11.1 Å². The van der Waals surface area contributed by atoms with Gasteiger partial charge in [-0.25, -0.2) is 4.98 Å². The minimum atomic E-state index is -0.838. The first-order valence-electron chi connectivity index (χ1n) is 8.93. The fourth-order valence-corrected chi connectivity index (χ4v) is 3.79. The van der Waals surface area contributed by atoms with Crippen LogP contribution in [0.5, 0.6) is 0 Å². The highest BCUT2D eigenvalue weighted by Crippen LogP contribution is 2.44. The maximum absolute atomic E-state index is 13.2. The number of hydrogen-bond donors (Lipinski definition) is 2. The van der Waals surface area contributed by atoms with Gasteiger partial charge in [-0.3, -0.25) is 9.59 Å². The summed E-state index contributed by atoms with van der Waals surface area (Å²) in [5.41, 5.74) is 10.2. The van der Waals surface area contributed by atoms with E-state index in [9.17, 15) is 9.59 Å². The fraction of sp³-hybridized carbons (Fsp3) is 0.136. The van der Waals surface area contributed by atoms with Crippen molar-refractivity contribution in [1.82, 2.24) is 10.3 Å². The van der Waals surface area contributed by atoms with Gasteiger partial charge in [-0.2, -0.15) is 0 Å². The number of pyridine rings is 1. The summed E-state index contributed by atoms with van der Waals surface area (Å²) in [4.78, 5) is 29.2. The highest BCUT2D eigenvalue weighted by molar-refractivity contribution is 6.29. The van der Waals surface area contributed by atoms with Gasteiger partial charge in [0.2, 0.25) is 11.8 Å². The molecule has 0 bridgehead atoms. The number of halogens is 1. The molecule has 2 aromatic carbocycles. The summed E-state index contributed by atoms with van der Waals surface area (Å²) in [6.07, 6.45) is 1.83. The zero-order valence-electron chi connectivity index (χ0n) is 14.9. The van der Waals surface area contributed by atoms with Crippen LogP contribution in [0.4, 0.5) is 0 Å². The minimum Gasteiger partial charge on any atom is -0.368 e. The molecule has 0 fully saturated rings. The Morgan fingerprint density at radius 3 is 2.14 bits per heavy atom. The molecule has 1 aliphatic rings. The Hall–Kier alpha value is -3.18. The molecule has 0 aliphatic heterocycles. The second-order valence-electron chi connectivity index (χ2n) is 6.76. The summed E-state index contributed by atoms with van der Waals surface area (Å²) < 4.78 is 0. The Balaban J connectivity index is 1.61. The van der Waals surface area contributed by atoms with Crippen molar-refractivity contribution in [3.05, 3.63) is 88.7 Å². The number of benzene rings is 2. The van der Waals surface area contributed by atoms with Crippen molar-refractivity contribution in [3.63, 3.8) is 0 Å². The summed E-state index contributed by atoms with van der Waals surface area (Å²) in [6.45, 7) is 0. The van der Waals surface area contributed by atoms with Crippen LogP contribution in [-0.4, -0.2) is 22.8 Å². The van der Waals surface area contributed by atoms with E-state index in [0.29, 0.717) is 5.15 Å². The summed E-state index contributed by atoms with van der Waals surface area (Å²) in [5.74, 6) is -1.32. The van der Waals surface area contributed by atoms with E-state index in [-0.39, 0.29) is 12.3 Å². The monoisotopic (exact) mass is 391 g/mol. The first-order chi connectivity index (χ1) is 13.5. The summed E-state index contributed by atoms with van der Waals surface area (Å²) in [5, 5.41) is 3.19. The van der Waals surface area contributed by atoms with Crippen molar-refractivity contribution in [2.24, 2.45) is 5.73 Å². The van der Waals surface area contributed by atoms with Crippen LogP contribution in [0.25, 0.3) is 11.1 Å². The summed E-state index contributed by atoms with van der Waals surface area (Å²) >= 11 is 5.80. The van der Waals surface area contributed by atoms with Crippen LogP contribution in [0.1, 0.15) is 22.6 Å². The third kappa shape index (κ3) is 3.37. The standard InChI is InChI=1S/C22H18ClN3O2/c23-19-10-9-13(12-25-19)11-18(21(24)27)26-22(28)20-16-7-3-1-5-14(16)15-6-2-4-8-17(15)20/h1-10,12,18,20H,11H2,(H2,24,27)(H,26,28)/t18-/m0/s1. The van der Waals surface area contributed by atoms with Crippen LogP contribution in [0.15, 0.2) is 66.9 Å². The van der Waals surface area contributed by atoms with Crippen LogP contribution in [0.2, 0.25) is 5.15 Å². The molecular formula is C22H18ClN3O2. The van der Waals surface area contributed by atoms with Crippen LogP contribution in [0.3, 0.4) is 0 Å². The van der Waals surface area contributed by atoms with E-state index in [4.69, 9.17) is 17.3 Å². The van der Waals surface area contributed by atoms with Crippen molar-refractivity contribution in [1.29, 1.82) is 0 Å². The first-order valence-corrected chi connectivity index (χ1v) is 9.30. The zero-order valence-corrected chi connectivity index (χ0v) is 15.7. The van der Waals surface area contributed by atoms with Gasteiger partial charge in [-0.15, -0.1) is 0 Å². The molecule has 28 heavy (non-hydrogen) atoms. The van der Waals surface area contributed by atoms with Crippen molar-refractivity contribution in [2.75, 3.05) is 0 Å². The average Bonchev–Trinajstić information content (AvgIpc) is 3.03. The second-order valence-corrected chi connectivity index (χ2v) is 7.15. The molecule has 0 saturated carbocycles. The topological polar surface area (TPSA) is 85.1 Å². The Morgan fingerprint density at radius 1 is 1.00 bits per heavy atom. The molecule has 4 rings (SSSR count). The molecule has 0 spiro atoms. The van der Waals surface area contributed by atoms with Crippen molar-refractivity contribution < 1.29 is 9.59 Å². The lowest BCUT2D eigenvalue weighted by Gasteiger charge is -2.19. The van der Waals surface area contributed by atoms with Gasteiger partial charge in [0, 0.05) is 12.6 Å². The van der Waals surface area contributed by atoms with Gasteiger partial charge in [-0.1, -0.05) is 66.2 Å². The number of amides is 2. The van der Waals surface area contributed by atoms with Gasteiger partial charge in [0.15, 0.2) is 0 Å². The van der Waals surface area contributed by atoms with E-state index in [1.807, 2.05) is 48.5 Å². The molecule has 0 radical (unpaired) electrons. The lowest BCUT2D eigenvalue weighted by Crippen LogP contribution is -2.47. The largest absolute Gasteiger partial charge is 0.368 e. The number of hydrogen-bond acceptors (Lipinski definition) is 3. The van der Waals surface area contributed by atoms with Gasteiger partial charge in [0.25, 0.3) is 0 Å². The smallest absolute Gasteiger partial charge is 0.240 e. The van der Waals surface area contributed by atoms with Gasteiger partial charge in [0.05, 0.1) is 5.92 Å². The number of nitrogens with two attached hydrogens (primary N) is 1. The third-order valence-electron chi connectivity index (χ3n) is 4.98. The van der Waals surface area contributed by atoms with Gasteiger partial charge >= 0.3 is 0 Å². The lowest BCUT2D eigenvalue weighted by molar-refractivity contribution is -0.127. The van der Waals surface area contributed by atoms with Crippen LogP contribution in [-0.2, 0) is 16.0 Å². The molecular weight excluding hydrogens is 374 g/mol. The molecule has 1 heterocycles. The predicted molar refractivity (Wildman–Crippen MR) is 108 cm³/mol. The number of nitrogens with one attached hydrogen (secondary N) is 1. The van der Waals surface area contributed by atoms with Gasteiger partial charge in [-0.05, 0) is 33.9 Å². The molecule has 0 unspecified atom stereocenters. The molecule has 3 aromatic rings. The Morgan fingerprint density at radius 2 is 1.61 bits per heavy atom. The predicted octanol–water partition coefficient (Wildman–Crippen LogP) is 3.06. The summed E-state index contributed by atoms with van der Waals surface area (Å²) in [6, 6.07) is 18.2. The lowest BCUT2D eigenvalue weighted by atomic mass is 9.95. The number of carbonyl (C=O) groups excluding carboxylic acids is 2. The molecule has 6 heteroatoms. The quantitative estimate of drug-likeness (QED) is 0.655. The highest BCUT2D eigenvalue weighted by atomic mass is 35.5. The number of carbonyl (C=O) groups is 2. The number of rotatable bonds is 5. The van der Waals surface area contributed by atoms with E-state index < -0.39 is 17.9 Å². The van der Waals surface area contributed by atoms with Crippen LogP contribution >= 0.6 is 11.6 Å². The molecule has 140 valence electrons. The second kappa shape index (κ2) is 7.44. The average molecular weight is 392 g/mol. The molecule has 1 atom stereocenters. The zero-order chi connectivity index (χ0) is 19.7. The molecule has 5 nitrogen and oxygen atoms in total. The highest BCUT2D eigenvalue weighted by Gasteiger charge is 2.34. The Labute approximate surface area is 167 Å². The first kappa shape index (κ1) is 18.2. The van der Waals surface area contributed by atoms with E-state index in [2.05, 4.69) is 10.3 Å². The van der Waals surface area contributed by atoms with Crippen LogP contribution < -0.4 is 11.1 Å². The summed E-state index contributed by atoms with van der Waals surface area (Å²) in [7, 11) is 0. The van der Waals surface area contributed by atoms with E-state index in [1.54, 1.807) is 18.3 Å². The Bertz CT molecular complexity index is 1000. The maximum Gasteiger partial charge on any atom is 0.240 e. The van der Waals surface area contributed by atoms with Crippen molar-refractivity contribution in [3.8, 4) is 11.1 Å². The fourth-order valence-electron chi connectivity index (χ4n) is 3.68. The molecule has 1 aliphatic carbocycles. The molecule has 1 aromatic heterocycles. The molecule has 2 amide bonds. The molecule has 3 N–H and O–H groups in total. The van der Waals surface area contributed by atoms with Crippen LogP contribution in [0, 0.1) is 0 Å². The third-order valence-corrected chi connectivity index (χ3v) is 5.21. The molecule has 0 saturated heterocycles. The minimum absolute atomic E-state index is 0.247. The van der Waals surface area contributed by atoms with E-state index in [0.717, 1.165) is 27.8 Å². The number of aromatic nitrogens is 1. The van der Waals surface area contributed by atoms with E-state index in [1.165, 1.54) is 0 Å².